The lowest BCUT2D eigenvalue weighted by Crippen LogP contribution is -2.01. The molecule has 4 aromatic rings. The van der Waals surface area contributed by atoms with Gasteiger partial charge in [0.05, 0.1) is 16.2 Å². The van der Waals surface area contributed by atoms with E-state index in [0.29, 0.717) is 17.4 Å². The van der Waals surface area contributed by atoms with E-state index < -0.39 is 6.10 Å². The second kappa shape index (κ2) is 7.36. The molecule has 5 rings (SSSR count). The van der Waals surface area contributed by atoms with Crippen molar-refractivity contribution in [1.82, 2.24) is 4.98 Å². The van der Waals surface area contributed by atoms with Gasteiger partial charge < -0.3 is 9.84 Å². The molecular weight excluding hydrogens is 382 g/mol. The van der Waals surface area contributed by atoms with Gasteiger partial charge in [0.2, 0.25) is 0 Å². The molecule has 3 aromatic carbocycles. The first-order valence-electron chi connectivity index (χ1n) is 9.45. The van der Waals surface area contributed by atoms with Crippen LogP contribution in [0.3, 0.4) is 0 Å². The lowest BCUT2D eigenvalue weighted by atomic mass is 9.96. The van der Waals surface area contributed by atoms with Crippen LogP contribution in [-0.4, -0.2) is 10.1 Å². The van der Waals surface area contributed by atoms with Crippen molar-refractivity contribution in [2.45, 2.75) is 12.7 Å². The lowest BCUT2D eigenvalue weighted by Gasteiger charge is -2.13. The van der Waals surface area contributed by atoms with Crippen molar-refractivity contribution in [1.29, 1.82) is 0 Å². The Labute approximate surface area is 173 Å². The molecule has 0 spiro atoms. The van der Waals surface area contributed by atoms with Gasteiger partial charge in [-0.3, -0.25) is 0 Å². The molecule has 3 nitrogen and oxygen atoms in total. The van der Waals surface area contributed by atoms with E-state index in [1.165, 1.54) is 0 Å². The summed E-state index contributed by atoms with van der Waals surface area (Å²) in [7, 11) is 0. The number of rotatable bonds is 2. The standard InChI is InChI=1S/C25H18ClNO2/c26-22-14-18(27-23-8-4-3-7-20(22)23)11-9-16-10-12-24-21(13-16)25(28)19-6-2-1-5-17(19)15-29-24/h1-14,25,28H,15H2/b11-9+. The van der Waals surface area contributed by atoms with E-state index in [2.05, 4.69) is 4.98 Å². The first kappa shape index (κ1) is 17.9. The molecule has 142 valence electrons. The number of benzene rings is 3. The van der Waals surface area contributed by atoms with E-state index in [4.69, 9.17) is 16.3 Å². The molecule has 1 unspecified atom stereocenters. The van der Waals surface area contributed by atoms with Crippen LogP contribution in [0.2, 0.25) is 5.02 Å². The molecular formula is C25H18ClNO2. The van der Waals surface area contributed by atoms with Crippen LogP contribution in [0.15, 0.2) is 72.8 Å². The van der Waals surface area contributed by atoms with E-state index in [1.54, 1.807) is 0 Å². The van der Waals surface area contributed by atoms with Gasteiger partial charge in [-0.15, -0.1) is 0 Å². The largest absolute Gasteiger partial charge is 0.488 e. The predicted molar refractivity (Wildman–Crippen MR) is 117 cm³/mol. The first-order chi connectivity index (χ1) is 14.2. The molecule has 0 radical (unpaired) electrons. The zero-order valence-corrected chi connectivity index (χ0v) is 16.3. The highest BCUT2D eigenvalue weighted by molar-refractivity contribution is 6.35. The number of para-hydroxylation sites is 1. The maximum atomic E-state index is 10.9. The summed E-state index contributed by atoms with van der Waals surface area (Å²) in [6.07, 6.45) is 3.18. The van der Waals surface area contributed by atoms with Gasteiger partial charge >= 0.3 is 0 Å². The van der Waals surface area contributed by atoms with Crippen molar-refractivity contribution >= 4 is 34.7 Å². The van der Waals surface area contributed by atoms with Gasteiger partial charge in [0, 0.05) is 10.9 Å². The van der Waals surface area contributed by atoms with Crippen LogP contribution in [0.4, 0.5) is 0 Å². The van der Waals surface area contributed by atoms with E-state index >= 15 is 0 Å². The number of aliphatic hydroxyl groups is 1. The summed E-state index contributed by atoms with van der Waals surface area (Å²) in [4.78, 5) is 4.65. The van der Waals surface area contributed by atoms with E-state index in [-0.39, 0.29) is 0 Å². The second-order valence-electron chi connectivity index (χ2n) is 7.07. The van der Waals surface area contributed by atoms with Crippen molar-refractivity contribution < 1.29 is 9.84 Å². The minimum Gasteiger partial charge on any atom is -0.488 e. The van der Waals surface area contributed by atoms with Crippen LogP contribution in [0.1, 0.15) is 34.1 Å². The molecule has 0 amide bonds. The quantitative estimate of drug-likeness (QED) is 0.447. The monoisotopic (exact) mass is 399 g/mol. The smallest absolute Gasteiger partial charge is 0.126 e. The lowest BCUT2D eigenvalue weighted by molar-refractivity contribution is 0.218. The summed E-state index contributed by atoms with van der Waals surface area (Å²) in [6.45, 7) is 0.453. The Bertz CT molecular complexity index is 1250. The van der Waals surface area contributed by atoms with Gasteiger partial charge in [0.15, 0.2) is 0 Å². The number of fused-ring (bicyclic) bond motifs is 3. The number of pyridine rings is 1. The molecule has 2 heterocycles. The van der Waals surface area contributed by atoms with E-state index in [1.807, 2.05) is 84.9 Å². The molecule has 1 aliphatic heterocycles. The Morgan fingerprint density at radius 1 is 0.931 bits per heavy atom. The highest BCUT2D eigenvalue weighted by atomic mass is 35.5. The van der Waals surface area contributed by atoms with Crippen LogP contribution in [0, 0.1) is 0 Å². The molecule has 0 bridgehead atoms. The minimum atomic E-state index is -0.717. The fourth-order valence-corrected chi connectivity index (χ4v) is 3.96. The highest BCUT2D eigenvalue weighted by Gasteiger charge is 2.22. The first-order valence-corrected chi connectivity index (χ1v) is 9.83. The van der Waals surface area contributed by atoms with Crippen LogP contribution in [0.5, 0.6) is 5.75 Å². The molecule has 1 aromatic heterocycles. The molecule has 0 fully saturated rings. The van der Waals surface area contributed by atoms with Crippen molar-refractivity contribution in [2.75, 3.05) is 0 Å². The average molecular weight is 400 g/mol. The zero-order chi connectivity index (χ0) is 19.8. The van der Waals surface area contributed by atoms with Gasteiger partial charge in [0.1, 0.15) is 18.5 Å². The SMILES string of the molecule is OC1c2ccccc2COc2ccc(/C=C/c3cc(Cl)c4ccccc4n3)cc21. The van der Waals surface area contributed by atoms with Crippen molar-refractivity contribution in [2.24, 2.45) is 0 Å². The summed E-state index contributed by atoms with van der Waals surface area (Å²) in [5.41, 5.74) is 5.25. The maximum absolute atomic E-state index is 10.9. The van der Waals surface area contributed by atoms with Gasteiger partial charge in [-0.05, 0) is 47.0 Å². The number of ether oxygens (including phenoxy) is 1. The normalized spacial score (nSPS) is 15.6. The number of hydrogen-bond donors (Lipinski definition) is 1. The Hall–Kier alpha value is -3.14. The molecule has 1 N–H and O–H groups in total. The number of hydrogen-bond acceptors (Lipinski definition) is 3. The zero-order valence-electron chi connectivity index (χ0n) is 15.5. The highest BCUT2D eigenvalue weighted by Crippen LogP contribution is 2.36. The summed E-state index contributed by atoms with van der Waals surface area (Å²) >= 11 is 6.40. The number of aromatic nitrogens is 1. The van der Waals surface area contributed by atoms with Gasteiger partial charge in [-0.25, -0.2) is 4.98 Å². The third-order valence-electron chi connectivity index (χ3n) is 5.19. The molecule has 4 heteroatoms. The third-order valence-corrected chi connectivity index (χ3v) is 5.51. The third kappa shape index (κ3) is 3.39. The molecule has 1 atom stereocenters. The molecule has 0 aliphatic carbocycles. The van der Waals surface area contributed by atoms with Crippen LogP contribution in [0.25, 0.3) is 23.1 Å². The second-order valence-corrected chi connectivity index (χ2v) is 7.47. The molecule has 0 saturated heterocycles. The van der Waals surface area contributed by atoms with Crippen molar-refractivity contribution in [3.8, 4) is 5.75 Å². The fraction of sp³-hybridized carbons (Fsp3) is 0.0800. The van der Waals surface area contributed by atoms with Crippen LogP contribution >= 0.6 is 11.6 Å². The molecule has 1 aliphatic rings. The van der Waals surface area contributed by atoms with Crippen LogP contribution in [-0.2, 0) is 6.61 Å². The summed E-state index contributed by atoms with van der Waals surface area (Å²) in [6, 6.07) is 23.3. The predicted octanol–water partition coefficient (Wildman–Crippen LogP) is 6.03. The fourth-order valence-electron chi connectivity index (χ4n) is 3.69. The van der Waals surface area contributed by atoms with Crippen molar-refractivity contribution in [3.63, 3.8) is 0 Å². The number of aliphatic hydroxyl groups excluding tert-OH is 1. The Kier molecular flexibility index (Phi) is 4.55. The Balaban J connectivity index is 1.50. The maximum Gasteiger partial charge on any atom is 0.126 e. The molecule has 0 saturated carbocycles. The van der Waals surface area contributed by atoms with E-state index in [9.17, 15) is 5.11 Å². The summed E-state index contributed by atoms with van der Waals surface area (Å²) < 4.78 is 5.91. The van der Waals surface area contributed by atoms with E-state index in [0.717, 1.165) is 38.9 Å². The van der Waals surface area contributed by atoms with Gasteiger partial charge in [-0.1, -0.05) is 66.2 Å². The summed E-state index contributed by atoms with van der Waals surface area (Å²) in [5.74, 6) is 0.706. The molecule has 29 heavy (non-hydrogen) atoms. The number of nitrogens with zero attached hydrogens (tertiary/aromatic N) is 1. The van der Waals surface area contributed by atoms with Crippen molar-refractivity contribution in [3.05, 3.63) is 106 Å². The number of halogens is 1. The van der Waals surface area contributed by atoms with Crippen LogP contribution < -0.4 is 4.74 Å². The summed E-state index contributed by atoms with van der Waals surface area (Å²) in [5, 5.41) is 12.5. The topological polar surface area (TPSA) is 42.4 Å². The Morgan fingerprint density at radius 2 is 1.76 bits per heavy atom. The Morgan fingerprint density at radius 3 is 2.69 bits per heavy atom. The average Bonchev–Trinajstić information content (AvgIpc) is 2.89. The minimum absolute atomic E-state index is 0.453. The van der Waals surface area contributed by atoms with Gasteiger partial charge in [0.25, 0.3) is 0 Å². The van der Waals surface area contributed by atoms with Gasteiger partial charge in [-0.2, -0.15) is 0 Å².